The minimum atomic E-state index is -0.970. The van der Waals surface area contributed by atoms with Crippen molar-refractivity contribution in [3.05, 3.63) is 35.4 Å². The lowest BCUT2D eigenvalue weighted by Gasteiger charge is -2.28. The molecule has 6 heteroatoms. The fourth-order valence-corrected chi connectivity index (χ4v) is 1.88. The Morgan fingerprint density at radius 3 is 2.72 bits per heavy atom. The summed E-state index contributed by atoms with van der Waals surface area (Å²) in [6.07, 6.45) is 0.550. The van der Waals surface area contributed by atoms with Gasteiger partial charge in [-0.3, -0.25) is 14.5 Å². The Labute approximate surface area is 102 Å². The monoisotopic (exact) mass is 254 g/mol. The van der Waals surface area contributed by atoms with Crippen LogP contribution < -0.4 is 5.73 Å². The van der Waals surface area contributed by atoms with Crippen molar-refractivity contribution in [3.63, 3.8) is 0 Å². The van der Waals surface area contributed by atoms with E-state index in [1.165, 1.54) is 0 Å². The minimum Gasteiger partial charge on any atom is -0.327 e. The third kappa shape index (κ3) is 2.38. The number of carbonyl (C=O) groups is 2. The van der Waals surface area contributed by atoms with Gasteiger partial charge in [-0.25, -0.2) is 8.78 Å². The average Bonchev–Trinajstić information content (AvgIpc) is 2.28. The molecule has 0 bridgehead atoms. The van der Waals surface area contributed by atoms with Gasteiger partial charge in [0.25, 0.3) is 5.91 Å². The van der Waals surface area contributed by atoms with E-state index in [4.69, 9.17) is 5.73 Å². The van der Waals surface area contributed by atoms with Gasteiger partial charge < -0.3 is 5.73 Å². The van der Waals surface area contributed by atoms with Crippen molar-refractivity contribution in [1.82, 2.24) is 4.90 Å². The summed E-state index contributed by atoms with van der Waals surface area (Å²) in [5, 5.41) is 0. The Morgan fingerprint density at radius 2 is 2.11 bits per heavy atom. The van der Waals surface area contributed by atoms with Gasteiger partial charge in [0.05, 0.1) is 5.56 Å². The predicted octanol–water partition coefficient (Wildman–Crippen LogP) is 1.05. The molecule has 96 valence electrons. The number of amides is 2. The maximum Gasteiger partial charge on any atom is 0.263 e. The van der Waals surface area contributed by atoms with Gasteiger partial charge in [-0.15, -0.1) is 0 Å². The van der Waals surface area contributed by atoms with Crippen LogP contribution in [0.1, 0.15) is 23.2 Å². The molecule has 0 saturated carbocycles. The zero-order valence-electron chi connectivity index (χ0n) is 9.53. The summed E-state index contributed by atoms with van der Waals surface area (Å²) in [5.74, 6) is -2.91. The van der Waals surface area contributed by atoms with Gasteiger partial charge in [0.1, 0.15) is 11.6 Å². The summed E-state index contributed by atoms with van der Waals surface area (Å²) in [5.41, 5.74) is 5.29. The number of rotatable bonds is 1. The Hall–Kier alpha value is -1.82. The Morgan fingerprint density at radius 1 is 1.39 bits per heavy atom. The number of benzene rings is 1. The van der Waals surface area contributed by atoms with Crippen LogP contribution in [0.3, 0.4) is 0 Å². The van der Waals surface area contributed by atoms with E-state index in [1.54, 1.807) is 0 Å². The number of piperidine rings is 1. The number of hydrogen-bond donors (Lipinski definition) is 1. The Balaban J connectivity index is 2.23. The van der Waals surface area contributed by atoms with Crippen LogP contribution in [0.4, 0.5) is 8.78 Å². The summed E-state index contributed by atoms with van der Waals surface area (Å²) in [6.45, 7) is 0.162. The standard InChI is InChI=1S/C12H12F2N2O2/c13-7-1-2-9(10(14)5-7)12(18)16-4-3-8(15)6-11(16)17/h1-2,5,8H,3-4,6,15H2. The van der Waals surface area contributed by atoms with Crippen LogP contribution in [0.25, 0.3) is 0 Å². The molecule has 1 unspecified atom stereocenters. The molecule has 0 aromatic heterocycles. The molecule has 1 atom stereocenters. The van der Waals surface area contributed by atoms with Crippen LogP contribution in [0.2, 0.25) is 0 Å². The molecule has 18 heavy (non-hydrogen) atoms. The molecule has 1 heterocycles. The number of nitrogens with two attached hydrogens (primary N) is 1. The van der Waals surface area contributed by atoms with Crippen molar-refractivity contribution in [2.45, 2.75) is 18.9 Å². The lowest BCUT2D eigenvalue weighted by atomic mass is 10.0. The number of nitrogens with zero attached hydrogens (tertiary/aromatic N) is 1. The number of halogens is 2. The Kier molecular flexibility index (Phi) is 3.38. The second kappa shape index (κ2) is 4.81. The van der Waals surface area contributed by atoms with Crippen LogP contribution >= 0.6 is 0 Å². The molecule has 4 nitrogen and oxygen atoms in total. The summed E-state index contributed by atoms with van der Waals surface area (Å²) < 4.78 is 26.2. The quantitative estimate of drug-likeness (QED) is 0.762. The molecule has 2 N–H and O–H groups in total. The van der Waals surface area contributed by atoms with Crippen molar-refractivity contribution < 1.29 is 18.4 Å². The molecule has 1 aromatic rings. The van der Waals surface area contributed by atoms with Gasteiger partial charge >= 0.3 is 0 Å². The number of imide groups is 1. The second-order valence-corrected chi connectivity index (χ2v) is 4.23. The molecular formula is C12H12F2N2O2. The normalized spacial score (nSPS) is 20.1. The molecule has 1 fully saturated rings. The van der Waals surface area contributed by atoms with E-state index in [0.717, 1.165) is 17.0 Å². The number of likely N-dealkylation sites (tertiary alicyclic amines) is 1. The third-order valence-electron chi connectivity index (χ3n) is 2.87. The largest absolute Gasteiger partial charge is 0.327 e. The van der Waals surface area contributed by atoms with E-state index >= 15 is 0 Å². The fraction of sp³-hybridized carbons (Fsp3) is 0.333. The van der Waals surface area contributed by atoms with Crippen LogP contribution in [0.5, 0.6) is 0 Å². The third-order valence-corrected chi connectivity index (χ3v) is 2.87. The van der Waals surface area contributed by atoms with Crippen molar-refractivity contribution in [2.24, 2.45) is 5.73 Å². The highest BCUT2D eigenvalue weighted by Gasteiger charge is 2.30. The summed E-state index contributed by atoms with van der Waals surface area (Å²) >= 11 is 0. The van der Waals surface area contributed by atoms with Crippen molar-refractivity contribution in [3.8, 4) is 0 Å². The lowest BCUT2D eigenvalue weighted by molar-refractivity contribution is -0.130. The fourth-order valence-electron chi connectivity index (χ4n) is 1.88. The predicted molar refractivity (Wildman–Crippen MR) is 59.6 cm³/mol. The molecule has 1 aliphatic rings. The van der Waals surface area contributed by atoms with E-state index in [9.17, 15) is 18.4 Å². The molecule has 1 aromatic carbocycles. The maximum absolute atomic E-state index is 13.4. The summed E-state index contributed by atoms with van der Waals surface area (Å²) in [4.78, 5) is 24.5. The zero-order valence-corrected chi connectivity index (χ0v) is 9.53. The Bertz CT molecular complexity index is 505. The average molecular weight is 254 g/mol. The molecule has 2 amide bonds. The van der Waals surface area contributed by atoms with Gasteiger partial charge in [-0.1, -0.05) is 0 Å². The second-order valence-electron chi connectivity index (χ2n) is 4.23. The van der Waals surface area contributed by atoms with E-state index < -0.39 is 23.4 Å². The smallest absolute Gasteiger partial charge is 0.263 e. The van der Waals surface area contributed by atoms with E-state index in [2.05, 4.69) is 0 Å². The first-order valence-corrected chi connectivity index (χ1v) is 5.54. The summed E-state index contributed by atoms with van der Waals surface area (Å²) in [6, 6.07) is 2.37. The van der Waals surface area contributed by atoms with Gasteiger partial charge in [0.2, 0.25) is 5.91 Å². The van der Waals surface area contributed by atoms with Gasteiger partial charge in [-0.05, 0) is 18.6 Å². The lowest BCUT2D eigenvalue weighted by Crippen LogP contribution is -2.47. The van der Waals surface area contributed by atoms with Gasteiger partial charge in [0.15, 0.2) is 0 Å². The summed E-state index contributed by atoms with van der Waals surface area (Å²) in [7, 11) is 0. The first kappa shape index (κ1) is 12.6. The first-order chi connectivity index (χ1) is 8.49. The SMILES string of the molecule is NC1CCN(C(=O)c2ccc(F)cc2F)C(=O)C1. The molecular weight excluding hydrogens is 242 g/mol. The van der Waals surface area contributed by atoms with E-state index in [1.807, 2.05) is 0 Å². The van der Waals surface area contributed by atoms with Crippen LogP contribution in [0, 0.1) is 11.6 Å². The highest BCUT2D eigenvalue weighted by atomic mass is 19.1. The molecule has 0 aliphatic carbocycles. The minimum absolute atomic E-state index is 0.0640. The molecule has 2 rings (SSSR count). The van der Waals surface area contributed by atoms with Gasteiger partial charge in [-0.2, -0.15) is 0 Å². The first-order valence-electron chi connectivity index (χ1n) is 5.54. The van der Waals surface area contributed by atoms with Crippen LogP contribution in [-0.4, -0.2) is 29.3 Å². The molecule has 0 radical (unpaired) electrons. The molecule has 1 saturated heterocycles. The van der Waals surface area contributed by atoms with Crippen LogP contribution in [-0.2, 0) is 4.79 Å². The highest BCUT2D eigenvalue weighted by Crippen LogP contribution is 2.17. The van der Waals surface area contributed by atoms with Crippen molar-refractivity contribution >= 4 is 11.8 Å². The van der Waals surface area contributed by atoms with E-state index in [-0.39, 0.29) is 24.6 Å². The molecule has 1 aliphatic heterocycles. The van der Waals surface area contributed by atoms with Gasteiger partial charge in [0, 0.05) is 25.1 Å². The van der Waals surface area contributed by atoms with Crippen molar-refractivity contribution in [2.75, 3.05) is 6.54 Å². The highest BCUT2D eigenvalue weighted by molar-refractivity contribution is 6.05. The van der Waals surface area contributed by atoms with E-state index in [0.29, 0.717) is 12.5 Å². The molecule has 0 spiro atoms. The topological polar surface area (TPSA) is 63.4 Å². The number of hydrogen-bond acceptors (Lipinski definition) is 3. The maximum atomic E-state index is 13.4. The number of carbonyl (C=O) groups excluding carboxylic acids is 2. The van der Waals surface area contributed by atoms with Crippen LogP contribution in [0.15, 0.2) is 18.2 Å². The van der Waals surface area contributed by atoms with Crippen molar-refractivity contribution in [1.29, 1.82) is 0 Å². The zero-order chi connectivity index (χ0) is 13.3.